The standard InChI is InChI=1S/C12H6BrClO/c13-8-5-6-9(14)12-11(8)7-3-1-2-4-10(7)15-12/h1-6H. The summed E-state index contributed by atoms with van der Waals surface area (Å²) in [5.74, 6) is 0. The van der Waals surface area contributed by atoms with Gasteiger partial charge in [-0.15, -0.1) is 0 Å². The molecule has 0 aliphatic rings. The molecule has 1 aromatic heterocycles. The van der Waals surface area contributed by atoms with Crippen LogP contribution in [0, 0.1) is 0 Å². The summed E-state index contributed by atoms with van der Waals surface area (Å²) in [6.45, 7) is 0. The van der Waals surface area contributed by atoms with Gasteiger partial charge in [0.05, 0.1) is 5.02 Å². The Labute approximate surface area is 99.8 Å². The van der Waals surface area contributed by atoms with E-state index in [1.807, 2.05) is 36.4 Å². The number of hydrogen-bond donors (Lipinski definition) is 0. The van der Waals surface area contributed by atoms with Crippen LogP contribution in [0.1, 0.15) is 0 Å². The maximum atomic E-state index is 6.09. The largest absolute Gasteiger partial charge is 0.454 e. The number of halogens is 2. The van der Waals surface area contributed by atoms with E-state index in [1.165, 1.54) is 0 Å². The van der Waals surface area contributed by atoms with E-state index in [4.69, 9.17) is 16.0 Å². The van der Waals surface area contributed by atoms with Crippen LogP contribution in [-0.2, 0) is 0 Å². The van der Waals surface area contributed by atoms with Gasteiger partial charge in [0, 0.05) is 15.2 Å². The molecule has 0 saturated heterocycles. The molecular formula is C12H6BrClO. The Morgan fingerprint density at radius 3 is 2.73 bits per heavy atom. The van der Waals surface area contributed by atoms with Gasteiger partial charge in [0.1, 0.15) is 5.58 Å². The lowest BCUT2D eigenvalue weighted by Crippen LogP contribution is -1.70. The third kappa shape index (κ3) is 1.29. The summed E-state index contributed by atoms with van der Waals surface area (Å²) in [4.78, 5) is 0. The molecule has 0 unspecified atom stereocenters. The van der Waals surface area contributed by atoms with E-state index in [0.717, 1.165) is 26.4 Å². The highest BCUT2D eigenvalue weighted by Crippen LogP contribution is 2.37. The summed E-state index contributed by atoms with van der Waals surface area (Å²) >= 11 is 9.60. The van der Waals surface area contributed by atoms with E-state index in [1.54, 1.807) is 0 Å². The molecule has 74 valence electrons. The number of para-hydroxylation sites is 1. The predicted molar refractivity (Wildman–Crippen MR) is 66.4 cm³/mol. The SMILES string of the molecule is Clc1ccc(Br)c2c1oc1ccccc12. The fourth-order valence-corrected chi connectivity index (χ4v) is 2.48. The molecule has 0 bridgehead atoms. The molecule has 15 heavy (non-hydrogen) atoms. The van der Waals surface area contributed by atoms with E-state index < -0.39 is 0 Å². The van der Waals surface area contributed by atoms with Crippen molar-refractivity contribution in [2.75, 3.05) is 0 Å². The van der Waals surface area contributed by atoms with Gasteiger partial charge in [0.15, 0.2) is 5.58 Å². The van der Waals surface area contributed by atoms with Gasteiger partial charge in [-0.1, -0.05) is 45.7 Å². The molecule has 0 aliphatic carbocycles. The second-order valence-electron chi connectivity index (χ2n) is 3.33. The Bertz CT molecular complexity index is 657. The second kappa shape index (κ2) is 3.26. The van der Waals surface area contributed by atoms with Crippen molar-refractivity contribution in [1.29, 1.82) is 0 Å². The van der Waals surface area contributed by atoms with Crippen LogP contribution < -0.4 is 0 Å². The normalized spacial score (nSPS) is 11.3. The zero-order chi connectivity index (χ0) is 10.4. The van der Waals surface area contributed by atoms with Gasteiger partial charge >= 0.3 is 0 Å². The van der Waals surface area contributed by atoms with Crippen molar-refractivity contribution >= 4 is 49.5 Å². The zero-order valence-electron chi connectivity index (χ0n) is 7.63. The lowest BCUT2D eigenvalue weighted by Gasteiger charge is -1.94. The highest BCUT2D eigenvalue weighted by atomic mass is 79.9. The molecule has 0 N–H and O–H groups in total. The monoisotopic (exact) mass is 280 g/mol. The lowest BCUT2D eigenvalue weighted by atomic mass is 10.1. The Kier molecular flexibility index (Phi) is 2.01. The molecule has 0 aliphatic heterocycles. The van der Waals surface area contributed by atoms with Gasteiger partial charge in [-0.25, -0.2) is 0 Å². The Morgan fingerprint density at radius 2 is 1.87 bits per heavy atom. The molecule has 3 aromatic rings. The van der Waals surface area contributed by atoms with E-state index >= 15 is 0 Å². The van der Waals surface area contributed by atoms with E-state index in [0.29, 0.717) is 5.02 Å². The van der Waals surface area contributed by atoms with Crippen LogP contribution in [-0.4, -0.2) is 0 Å². The molecule has 0 atom stereocenters. The van der Waals surface area contributed by atoms with Crippen LogP contribution >= 0.6 is 27.5 Å². The molecule has 1 heterocycles. The molecule has 0 radical (unpaired) electrons. The van der Waals surface area contributed by atoms with Crippen molar-refractivity contribution in [2.24, 2.45) is 0 Å². The quantitative estimate of drug-likeness (QED) is 0.565. The Hall–Kier alpha value is -0.990. The van der Waals surface area contributed by atoms with Crippen LogP contribution in [0.25, 0.3) is 21.9 Å². The summed E-state index contributed by atoms with van der Waals surface area (Å²) in [6.07, 6.45) is 0. The molecular weight excluding hydrogens is 275 g/mol. The van der Waals surface area contributed by atoms with Gasteiger partial charge in [-0.3, -0.25) is 0 Å². The van der Waals surface area contributed by atoms with Gasteiger partial charge in [-0.2, -0.15) is 0 Å². The van der Waals surface area contributed by atoms with Gasteiger partial charge in [-0.05, 0) is 18.2 Å². The van der Waals surface area contributed by atoms with Gasteiger partial charge in [0.25, 0.3) is 0 Å². The number of benzene rings is 2. The van der Waals surface area contributed by atoms with E-state index in [-0.39, 0.29) is 0 Å². The minimum atomic E-state index is 0.643. The van der Waals surface area contributed by atoms with Crippen molar-refractivity contribution in [2.45, 2.75) is 0 Å². The van der Waals surface area contributed by atoms with Crippen molar-refractivity contribution < 1.29 is 4.42 Å². The molecule has 3 rings (SSSR count). The average Bonchev–Trinajstić information content (AvgIpc) is 2.64. The summed E-state index contributed by atoms with van der Waals surface area (Å²) in [6, 6.07) is 11.7. The molecule has 0 amide bonds. The van der Waals surface area contributed by atoms with Crippen LogP contribution in [0.15, 0.2) is 45.3 Å². The molecule has 2 aromatic carbocycles. The number of hydrogen-bond acceptors (Lipinski definition) is 1. The van der Waals surface area contributed by atoms with Crippen LogP contribution in [0.4, 0.5) is 0 Å². The topological polar surface area (TPSA) is 13.1 Å². The molecule has 0 saturated carbocycles. The van der Waals surface area contributed by atoms with Crippen molar-refractivity contribution in [3.63, 3.8) is 0 Å². The third-order valence-corrected chi connectivity index (χ3v) is 3.39. The molecule has 0 fully saturated rings. The minimum absolute atomic E-state index is 0.643. The Balaban J connectivity index is 2.66. The van der Waals surface area contributed by atoms with E-state index in [9.17, 15) is 0 Å². The van der Waals surface area contributed by atoms with Crippen LogP contribution in [0.2, 0.25) is 5.02 Å². The first-order valence-electron chi connectivity index (χ1n) is 4.52. The maximum absolute atomic E-state index is 6.09. The Morgan fingerprint density at radius 1 is 1.07 bits per heavy atom. The third-order valence-electron chi connectivity index (χ3n) is 2.43. The van der Waals surface area contributed by atoms with E-state index in [2.05, 4.69) is 15.9 Å². The fraction of sp³-hybridized carbons (Fsp3) is 0. The summed E-state index contributed by atoms with van der Waals surface area (Å²) in [5, 5.41) is 2.77. The summed E-state index contributed by atoms with van der Waals surface area (Å²) < 4.78 is 6.71. The number of furan rings is 1. The zero-order valence-corrected chi connectivity index (χ0v) is 9.97. The maximum Gasteiger partial charge on any atom is 0.155 e. The first kappa shape index (κ1) is 9.25. The smallest absolute Gasteiger partial charge is 0.155 e. The second-order valence-corrected chi connectivity index (χ2v) is 4.59. The summed E-state index contributed by atoms with van der Waals surface area (Å²) in [5.41, 5.74) is 1.61. The predicted octanol–water partition coefficient (Wildman–Crippen LogP) is 5.00. The highest BCUT2D eigenvalue weighted by Gasteiger charge is 2.11. The van der Waals surface area contributed by atoms with Crippen molar-refractivity contribution in [1.82, 2.24) is 0 Å². The molecule has 0 spiro atoms. The van der Waals surface area contributed by atoms with Crippen LogP contribution in [0.5, 0.6) is 0 Å². The minimum Gasteiger partial charge on any atom is -0.454 e. The molecule has 1 nitrogen and oxygen atoms in total. The first-order chi connectivity index (χ1) is 7.27. The van der Waals surface area contributed by atoms with Crippen molar-refractivity contribution in [3.05, 3.63) is 45.9 Å². The average molecular weight is 282 g/mol. The number of rotatable bonds is 0. The van der Waals surface area contributed by atoms with Gasteiger partial charge in [0.2, 0.25) is 0 Å². The highest BCUT2D eigenvalue weighted by molar-refractivity contribution is 9.10. The van der Waals surface area contributed by atoms with Crippen molar-refractivity contribution in [3.8, 4) is 0 Å². The molecule has 3 heteroatoms. The lowest BCUT2D eigenvalue weighted by molar-refractivity contribution is 0.669. The van der Waals surface area contributed by atoms with Gasteiger partial charge < -0.3 is 4.42 Å². The number of fused-ring (bicyclic) bond motifs is 3. The first-order valence-corrected chi connectivity index (χ1v) is 5.70. The van der Waals surface area contributed by atoms with Crippen LogP contribution in [0.3, 0.4) is 0 Å². The summed E-state index contributed by atoms with van der Waals surface area (Å²) in [7, 11) is 0. The fourth-order valence-electron chi connectivity index (χ4n) is 1.76.